The Kier molecular flexibility index (Phi) is 6.29. The number of hydrogen-bond acceptors (Lipinski definition) is 4. The molecule has 160 valence electrons. The highest BCUT2D eigenvalue weighted by Crippen LogP contribution is 2.35. The van der Waals surface area contributed by atoms with E-state index in [1.165, 1.54) is 0 Å². The number of nitrogens with one attached hydrogen (secondary N) is 2. The maximum absolute atomic E-state index is 13.0. The molecular weight excluding hydrogens is 382 g/mol. The van der Waals surface area contributed by atoms with Crippen LogP contribution >= 0.6 is 0 Å². The number of alkyl carbamates (subject to hydrolysis) is 1. The van der Waals surface area contributed by atoms with Gasteiger partial charge in [-0.25, -0.2) is 4.79 Å². The van der Waals surface area contributed by atoms with Gasteiger partial charge in [0, 0.05) is 42.7 Å². The fourth-order valence-corrected chi connectivity index (χ4v) is 3.35. The summed E-state index contributed by atoms with van der Waals surface area (Å²) in [6, 6.07) is 8.29. The fraction of sp³-hybridized carbons (Fsp3) is 0.435. The molecular formula is C23H29N3O4. The Bertz CT molecular complexity index is 894. The number of likely N-dealkylation sites (N-methyl/N-ethyl adjacent to an activating group) is 1. The minimum Gasteiger partial charge on any atom is -0.444 e. The third kappa shape index (κ3) is 5.49. The zero-order chi connectivity index (χ0) is 21.9. The quantitative estimate of drug-likeness (QED) is 0.681. The molecule has 7 nitrogen and oxygen atoms in total. The molecule has 0 bridgehead atoms. The van der Waals surface area contributed by atoms with Crippen LogP contribution in [0.4, 0.5) is 4.79 Å². The van der Waals surface area contributed by atoms with Crippen LogP contribution in [0.5, 0.6) is 0 Å². The standard InChI is InChI=1S/C23H29N3O4/c1-23(2,3)30-22(29)25-14-19(15-5-6-15)26(4)21(28)17-9-7-16(8-10-17)20(27)18-11-12-24-13-18/h7-13,15,19,24H,5-6,14H2,1-4H3,(H,25,29). The molecule has 2 amide bonds. The largest absolute Gasteiger partial charge is 0.444 e. The van der Waals surface area contributed by atoms with Crippen LogP contribution in [0.3, 0.4) is 0 Å². The molecule has 1 saturated carbocycles. The van der Waals surface area contributed by atoms with Crippen molar-refractivity contribution in [1.29, 1.82) is 0 Å². The van der Waals surface area contributed by atoms with Crippen LogP contribution in [0.2, 0.25) is 0 Å². The summed E-state index contributed by atoms with van der Waals surface area (Å²) >= 11 is 0. The molecule has 0 saturated heterocycles. The van der Waals surface area contributed by atoms with E-state index >= 15 is 0 Å². The molecule has 1 heterocycles. The summed E-state index contributed by atoms with van der Waals surface area (Å²) in [4.78, 5) is 41.9. The summed E-state index contributed by atoms with van der Waals surface area (Å²) < 4.78 is 5.29. The van der Waals surface area contributed by atoms with Gasteiger partial charge in [-0.3, -0.25) is 9.59 Å². The summed E-state index contributed by atoms with van der Waals surface area (Å²) in [5, 5.41) is 2.78. The average Bonchev–Trinajstić information content (AvgIpc) is 3.37. The van der Waals surface area contributed by atoms with E-state index in [9.17, 15) is 14.4 Å². The summed E-state index contributed by atoms with van der Waals surface area (Å²) in [6.45, 7) is 5.77. The first-order valence-corrected chi connectivity index (χ1v) is 10.2. The van der Waals surface area contributed by atoms with Gasteiger partial charge in [0.05, 0.1) is 6.04 Å². The van der Waals surface area contributed by atoms with Gasteiger partial charge in [-0.2, -0.15) is 0 Å². The van der Waals surface area contributed by atoms with Crippen LogP contribution in [0.1, 0.15) is 59.9 Å². The van der Waals surface area contributed by atoms with Crippen molar-refractivity contribution in [2.24, 2.45) is 5.92 Å². The number of carbonyl (C=O) groups is 3. The Morgan fingerprint density at radius 3 is 2.27 bits per heavy atom. The van der Waals surface area contributed by atoms with Crippen molar-refractivity contribution in [3.05, 3.63) is 59.4 Å². The van der Waals surface area contributed by atoms with Crippen molar-refractivity contribution in [2.75, 3.05) is 13.6 Å². The third-order valence-electron chi connectivity index (χ3n) is 5.09. The number of aromatic amines is 1. The van der Waals surface area contributed by atoms with Gasteiger partial charge >= 0.3 is 6.09 Å². The number of nitrogens with zero attached hydrogens (tertiary/aromatic N) is 1. The van der Waals surface area contributed by atoms with Crippen LogP contribution in [-0.4, -0.2) is 52.9 Å². The lowest BCUT2D eigenvalue weighted by molar-refractivity contribution is 0.0491. The van der Waals surface area contributed by atoms with Gasteiger partial charge in [0.2, 0.25) is 0 Å². The first kappa shape index (κ1) is 21.6. The zero-order valence-electron chi connectivity index (χ0n) is 17.9. The second-order valence-corrected chi connectivity index (χ2v) is 8.71. The van der Waals surface area contributed by atoms with E-state index in [0.717, 1.165) is 12.8 Å². The fourth-order valence-electron chi connectivity index (χ4n) is 3.35. The smallest absolute Gasteiger partial charge is 0.407 e. The molecule has 3 rings (SSSR count). The van der Waals surface area contributed by atoms with Crippen LogP contribution < -0.4 is 5.32 Å². The van der Waals surface area contributed by atoms with E-state index < -0.39 is 11.7 Å². The van der Waals surface area contributed by atoms with Crippen molar-refractivity contribution in [3.63, 3.8) is 0 Å². The monoisotopic (exact) mass is 411 g/mol. The van der Waals surface area contributed by atoms with Crippen LogP contribution in [0, 0.1) is 5.92 Å². The minimum atomic E-state index is -0.569. The summed E-state index contributed by atoms with van der Waals surface area (Å²) in [7, 11) is 1.75. The van der Waals surface area contributed by atoms with E-state index in [4.69, 9.17) is 4.74 Å². The predicted molar refractivity (Wildman–Crippen MR) is 114 cm³/mol. The number of aromatic nitrogens is 1. The SMILES string of the molecule is CN(C(=O)c1ccc(C(=O)c2cc[nH]c2)cc1)C(CNC(=O)OC(C)(C)C)C1CC1. The van der Waals surface area contributed by atoms with Gasteiger partial charge in [-0.05, 0) is 57.7 Å². The number of ketones is 1. The van der Waals surface area contributed by atoms with Gasteiger partial charge in [-0.1, -0.05) is 12.1 Å². The van der Waals surface area contributed by atoms with E-state index in [-0.39, 0.29) is 17.7 Å². The van der Waals surface area contributed by atoms with E-state index in [1.54, 1.807) is 54.7 Å². The zero-order valence-corrected chi connectivity index (χ0v) is 17.9. The molecule has 1 atom stereocenters. The Labute approximate surface area is 176 Å². The molecule has 0 aliphatic heterocycles. The molecule has 30 heavy (non-hydrogen) atoms. The first-order valence-electron chi connectivity index (χ1n) is 10.2. The highest BCUT2D eigenvalue weighted by Gasteiger charge is 2.36. The Hall–Kier alpha value is -3.09. The molecule has 1 aliphatic carbocycles. The number of carbonyl (C=O) groups excluding carboxylic acids is 3. The van der Waals surface area contributed by atoms with Crippen molar-refractivity contribution in [1.82, 2.24) is 15.2 Å². The average molecular weight is 412 g/mol. The van der Waals surface area contributed by atoms with E-state index in [1.807, 2.05) is 20.8 Å². The number of amides is 2. The lowest BCUT2D eigenvalue weighted by atomic mass is 10.0. The molecule has 0 spiro atoms. The highest BCUT2D eigenvalue weighted by atomic mass is 16.6. The maximum Gasteiger partial charge on any atom is 0.407 e. The molecule has 1 aromatic heterocycles. The van der Waals surface area contributed by atoms with Gasteiger partial charge in [-0.15, -0.1) is 0 Å². The molecule has 2 N–H and O–H groups in total. The Morgan fingerprint density at radius 2 is 1.73 bits per heavy atom. The third-order valence-corrected chi connectivity index (χ3v) is 5.09. The number of H-pyrrole nitrogens is 1. The Morgan fingerprint density at radius 1 is 1.10 bits per heavy atom. The second-order valence-electron chi connectivity index (χ2n) is 8.71. The molecule has 1 aliphatic rings. The normalized spacial score (nSPS) is 14.7. The molecule has 1 unspecified atom stereocenters. The number of ether oxygens (including phenoxy) is 1. The first-order chi connectivity index (χ1) is 14.2. The number of benzene rings is 1. The van der Waals surface area contributed by atoms with Crippen molar-refractivity contribution < 1.29 is 19.1 Å². The minimum absolute atomic E-state index is 0.0963. The summed E-state index contributed by atoms with van der Waals surface area (Å²) in [5.74, 6) is 0.128. The molecule has 2 aromatic rings. The molecule has 1 aromatic carbocycles. The number of rotatable bonds is 7. The lowest BCUT2D eigenvalue weighted by Gasteiger charge is -2.29. The predicted octanol–water partition coefficient (Wildman–Crippen LogP) is 3.62. The van der Waals surface area contributed by atoms with Gasteiger partial charge < -0.3 is 19.9 Å². The molecule has 7 heteroatoms. The van der Waals surface area contributed by atoms with Crippen molar-refractivity contribution in [2.45, 2.75) is 45.3 Å². The summed E-state index contributed by atoms with van der Waals surface area (Å²) in [6.07, 6.45) is 4.92. The van der Waals surface area contributed by atoms with Gasteiger partial charge in [0.1, 0.15) is 5.60 Å². The Balaban J connectivity index is 1.64. The van der Waals surface area contributed by atoms with Crippen LogP contribution in [-0.2, 0) is 4.74 Å². The van der Waals surface area contributed by atoms with E-state index in [2.05, 4.69) is 10.3 Å². The van der Waals surface area contributed by atoms with Gasteiger partial charge in [0.25, 0.3) is 5.91 Å². The molecule has 1 fully saturated rings. The van der Waals surface area contributed by atoms with Crippen LogP contribution in [0.25, 0.3) is 0 Å². The van der Waals surface area contributed by atoms with Gasteiger partial charge in [0.15, 0.2) is 5.78 Å². The second kappa shape index (κ2) is 8.73. The topological polar surface area (TPSA) is 91.5 Å². The molecule has 0 radical (unpaired) electrons. The highest BCUT2D eigenvalue weighted by molar-refractivity contribution is 6.09. The maximum atomic E-state index is 13.0. The van der Waals surface area contributed by atoms with Crippen molar-refractivity contribution >= 4 is 17.8 Å². The van der Waals surface area contributed by atoms with Crippen LogP contribution in [0.15, 0.2) is 42.7 Å². The lowest BCUT2D eigenvalue weighted by Crippen LogP contribution is -2.47. The number of hydrogen-bond donors (Lipinski definition) is 2. The van der Waals surface area contributed by atoms with E-state index in [0.29, 0.717) is 29.2 Å². The summed E-state index contributed by atoms with van der Waals surface area (Å²) in [5.41, 5.74) is 1.04. The van der Waals surface area contributed by atoms with Crippen molar-refractivity contribution in [3.8, 4) is 0 Å².